The molecule has 3 atom stereocenters. The Bertz CT molecular complexity index is 1100. The molecule has 0 saturated carbocycles. The van der Waals surface area contributed by atoms with Crippen molar-refractivity contribution in [3.05, 3.63) is 48.5 Å². The second-order valence-electron chi connectivity index (χ2n) is 8.56. The van der Waals surface area contributed by atoms with Crippen LogP contribution >= 0.6 is 0 Å². The second kappa shape index (κ2) is 13.9. The maximum atomic E-state index is 12.8. The smallest absolute Gasteiger partial charge is 0.475 e. The normalized spacial score (nSPS) is 20.2. The quantitative estimate of drug-likeness (QED) is 0.517. The largest absolute Gasteiger partial charge is 0.490 e. The van der Waals surface area contributed by atoms with E-state index in [-0.39, 0.29) is 18.1 Å². The van der Waals surface area contributed by atoms with Gasteiger partial charge in [0.05, 0.1) is 18.3 Å². The second-order valence-corrected chi connectivity index (χ2v) is 8.56. The minimum absolute atomic E-state index is 0.0348. The summed E-state index contributed by atoms with van der Waals surface area (Å²) in [6.07, 6.45) is -3.43. The lowest BCUT2D eigenvalue weighted by Gasteiger charge is -2.33. The SMILES string of the molecule is CN(Cc1ccccn1)C(=O)[C@@H]1C[C@@H]2CCN(c3ncccn3)C[C@@H]2O1.O=C(O)C(F)(F)F.O=C(O)C(F)(F)F. The first-order valence-corrected chi connectivity index (χ1v) is 11.5. The topological polar surface area (TPSA) is 146 Å². The van der Waals surface area contributed by atoms with Crippen LogP contribution in [0.1, 0.15) is 18.5 Å². The number of carboxylic acids is 2. The summed E-state index contributed by atoms with van der Waals surface area (Å²) in [4.78, 5) is 47.4. The third-order valence-corrected chi connectivity index (χ3v) is 5.65. The van der Waals surface area contributed by atoms with E-state index in [4.69, 9.17) is 24.5 Å². The van der Waals surface area contributed by atoms with E-state index in [1.54, 1.807) is 23.5 Å². The van der Waals surface area contributed by atoms with Gasteiger partial charge >= 0.3 is 24.3 Å². The number of aliphatic carboxylic acids is 2. The standard InChI is InChI=1S/C19H23N5O2.2C2HF3O2/c1-23(12-15-5-2-3-7-20-15)18(25)16-11-14-6-10-24(13-17(14)26-16)19-21-8-4-9-22-19;2*3-2(4,5)1(6)7/h2-5,7-9,14,16-17H,6,10-13H2,1H3;2*(H,6,7)/t14-,16-,17-;;/m0../s1. The first kappa shape index (κ1) is 32.2. The lowest BCUT2D eigenvalue weighted by Crippen LogP contribution is -2.43. The fraction of sp³-hybridized carbons (Fsp3) is 0.478. The van der Waals surface area contributed by atoms with Gasteiger partial charge in [-0.25, -0.2) is 19.6 Å². The van der Waals surface area contributed by atoms with Gasteiger partial charge in [-0.2, -0.15) is 26.3 Å². The minimum Gasteiger partial charge on any atom is -0.475 e. The van der Waals surface area contributed by atoms with Gasteiger partial charge in [0.25, 0.3) is 5.91 Å². The summed E-state index contributed by atoms with van der Waals surface area (Å²) in [5.74, 6) is -4.32. The van der Waals surface area contributed by atoms with Gasteiger partial charge in [-0.3, -0.25) is 9.78 Å². The molecule has 17 heteroatoms. The first-order valence-electron chi connectivity index (χ1n) is 11.5. The van der Waals surface area contributed by atoms with E-state index in [9.17, 15) is 31.1 Å². The summed E-state index contributed by atoms with van der Waals surface area (Å²) >= 11 is 0. The number of alkyl halides is 6. The molecule has 0 unspecified atom stereocenters. The van der Waals surface area contributed by atoms with E-state index in [1.165, 1.54) is 0 Å². The van der Waals surface area contributed by atoms with Crippen LogP contribution < -0.4 is 4.90 Å². The van der Waals surface area contributed by atoms with E-state index < -0.39 is 24.3 Å². The molecule has 40 heavy (non-hydrogen) atoms. The van der Waals surface area contributed by atoms with Gasteiger partial charge < -0.3 is 24.7 Å². The maximum absolute atomic E-state index is 12.8. The van der Waals surface area contributed by atoms with Crippen molar-refractivity contribution in [3.8, 4) is 0 Å². The van der Waals surface area contributed by atoms with Crippen LogP contribution in [0, 0.1) is 5.92 Å². The van der Waals surface area contributed by atoms with E-state index in [1.807, 2.05) is 31.3 Å². The highest BCUT2D eigenvalue weighted by atomic mass is 19.4. The van der Waals surface area contributed by atoms with Crippen LogP contribution in [0.2, 0.25) is 0 Å². The lowest BCUT2D eigenvalue weighted by molar-refractivity contribution is -0.193. The summed E-state index contributed by atoms with van der Waals surface area (Å²) in [6, 6.07) is 7.55. The molecular formula is C23H25F6N5O6. The predicted molar refractivity (Wildman–Crippen MR) is 124 cm³/mol. The number of amides is 1. The molecule has 0 aliphatic carbocycles. The molecule has 0 spiro atoms. The molecule has 0 bridgehead atoms. The van der Waals surface area contributed by atoms with Crippen LogP contribution in [0.15, 0.2) is 42.9 Å². The Morgan fingerprint density at radius 1 is 0.975 bits per heavy atom. The van der Waals surface area contributed by atoms with Crippen molar-refractivity contribution in [1.29, 1.82) is 0 Å². The number of aromatic nitrogens is 3. The number of carbonyl (C=O) groups is 3. The molecule has 2 aliphatic rings. The number of nitrogens with zero attached hydrogens (tertiary/aromatic N) is 5. The predicted octanol–water partition coefficient (Wildman–Crippen LogP) is 2.78. The Balaban J connectivity index is 0.000000333. The summed E-state index contributed by atoms with van der Waals surface area (Å²) < 4.78 is 69.6. The monoisotopic (exact) mass is 581 g/mol. The Morgan fingerprint density at radius 2 is 1.52 bits per heavy atom. The lowest BCUT2D eigenvalue weighted by atomic mass is 9.92. The molecule has 0 radical (unpaired) electrons. The van der Waals surface area contributed by atoms with E-state index in [0.717, 1.165) is 37.6 Å². The number of fused-ring (bicyclic) bond motifs is 1. The summed E-state index contributed by atoms with van der Waals surface area (Å²) in [5, 5.41) is 14.2. The zero-order valence-corrected chi connectivity index (χ0v) is 20.8. The number of ether oxygens (including phenoxy) is 1. The van der Waals surface area contributed by atoms with Gasteiger partial charge in [-0.1, -0.05) is 6.07 Å². The number of anilines is 1. The summed E-state index contributed by atoms with van der Waals surface area (Å²) in [6.45, 7) is 2.14. The van der Waals surface area contributed by atoms with Gasteiger partial charge in [-0.15, -0.1) is 0 Å². The molecule has 220 valence electrons. The van der Waals surface area contributed by atoms with Crippen molar-refractivity contribution in [2.24, 2.45) is 5.92 Å². The Labute approximate surface area is 223 Å². The zero-order chi connectivity index (χ0) is 30.1. The highest BCUT2D eigenvalue weighted by Gasteiger charge is 2.43. The van der Waals surface area contributed by atoms with Crippen LogP contribution in [-0.2, 0) is 25.7 Å². The molecule has 4 rings (SSSR count). The molecule has 1 amide bonds. The summed E-state index contributed by atoms with van der Waals surface area (Å²) in [5.41, 5.74) is 0.881. The van der Waals surface area contributed by atoms with Gasteiger partial charge in [0, 0.05) is 38.7 Å². The van der Waals surface area contributed by atoms with E-state index in [0.29, 0.717) is 12.5 Å². The molecule has 11 nitrogen and oxygen atoms in total. The van der Waals surface area contributed by atoms with Crippen molar-refractivity contribution in [2.75, 3.05) is 25.0 Å². The third kappa shape index (κ3) is 9.94. The van der Waals surface area contributed by atoms with Gasteiger partial charge in [0.15, 0.2) is 0 Å². The molecular weight excluding hydrogens is 556 g/mol. The molecule has 0 aromatic carbocycles. The third-order valence-electron chi connectivity index (χ3n) is 5.65. The fourth-order valence-electron chi connectivity index (χ4n) is 3.78. The number of carbonyl (C=O) groups excluding carboxylic acids is 1. The Hall–Kier alpha value is -4.02. The number of hydrogen-bond acceptors (Lipinski definition) is 8. The fourth-order valence-corrected chi connectivity index (χ4v) is 3.78. The van der Waals surface area contributed by atoms with Gasteiger partial charge in [-0.05, 0) is 37.0 Å². The average Bonchev–Trinajstić information content (AvgIpc) is 3.32. The van der Waals surface area contributed by atoms with Gasteiger partial charge in [0.2, 0.25) is 5.95 Å². The first-order chi connectivity index (χ1) is 18.6. The van der Waals surface area contributed by atoms with Crippen molar-refractivity contribution in [3.63, 3.8) is 0 Å². The minimum atomic E-state index is -5.08. The van der Waals surface area contributed by atoms with E-state index in [2.05, 4.69) is 19.9 Å². The number of rotatable bonds is 4. The number of likely N-dealkylation sites (N-methyl/N-ethyl adjacent to an activating group) is 1. The van der Waals surface area contributed by atoms with Crippen LogP contribution in [0.4, 0.5) is 32.3 Å². The molecule has 2 N–H and O–H groups in total. The summed E-state index contributed by atoms with van der Waals surface area (Å²) in [7, 11) is 1.81. The van der Waals surface area contributed by atoms with Crippen molar-refractivity contribution < 1.29 is 55.7 Å². The Kier molecular flexibility index (Phi) is 11.2. The number of carboxylic acid groups (broad SMARTS) is 2. The van der Waals surface area contributed by atoms with Crippen molar-refractivity contribution in [2.45, 2.75) is 43.9 Å². The van der Waals surface area contributed by atoms with Crippen LogP contribution in [0.5, 0.6) is 0 Å². The number of halogens is 6. The average molecular weight is 581 g/mol. The van der Waals surface area contributed by atoms with Crippen molar-refractivity contribution >= 4 is 23.8 Å². The molecule has 2 fully saturated rings. The molecule has 2 aromatic heterocycles. The van der Waals surface area contributed by atoms with Gasteiger partial charge in [0.1, 0.15) is 6.10 Å². The van der Waals surface area contributed by atoms with Crippen LogP contribution in [0.25, 0.3) is 0 Å². The van der Waals surface area contributed by atoms with Crippen LogP contribution in [-0.4, -0.2) is 92.6 Å². The Morgan fingerprint density at radius 3 is 2.02 bits per heavy atom. The number of pyridine rings is 1. The van der Waals surface area contributed by atoms with Crippen molar-refractivity contribution in [1.82, 2.24) is 19.9 Å². The van der Waals surface area contributed by atoms with Crippen LogP contribution in [0.3, 0.4) is 0 Å². The number of hydrogen-bond donors (Lipinski definition) is 2. The number of piperidine rings is 1. The molecule has 2 saturated heterocycles. The molecule has 2 aliphatic heterocycles. The maximum Gasteiger partial charge on any atom is 0.490 e. The highest BCUT2D eigenvalue weighted by molar-refractivity contribution is 5.81. The van der Waals surface area contributed by atoms with E-state index >= 15 is 0 Å². The zero-order valence-electron chi connectivity index (χ0n) is 20.8. The molecule has 4 heterocycles. The highest BCUT2D eigenvalue weighted by Crippen LogP contribution is 2.34. The molecule has 2 aromatic rings.